The third-order valence-corrected chi connectivity index (χ3v) is 3.81. The van der Waals surface area contributed by atoms with Crippen LogP contribution in [-0.4, -0.2) is 69.4 Å². The summed E-state index contributed by atoms with van der Waals surface area (Å²) in [4.78, 5) is 16.2. The number of hydrogen-bond donors (Lipinski definition) is 1. The Morgan fingerprint density at radius 3 is 2.70 bits per heavy atom. The predicted octanol–water partition coefficient (Wildman–Crippen LogP) is 0.561. The van der Waals surface area contributed by atoms with E-state index >= 15 is 0 Å². The first kappa shape index (κ1) is 15.5. The molecule has 1 N–H and O–H groups in total. The highest BCUT2D eigenvalue weighted by Gasteiger charge is 2.21. The topological polar surface area (TPSA) is 61.6 Å². The maximum absolute atomic E-state index is 12.1. The third kappa shape index (κ3) is 4.57. The van der Waals surface area contributed by atoms with Crippen LogP contribution in [0.4, 0.5) is 0 Å². The van der Waals surface area contributed by atoms with Gasteiger partial charge in [-0.25, -0.2) is 0 Å². The largest absolute Gasteiger partial charge is 0.392 e. The van der Waals surface area contributed by atoms with Crippen molar-refractivity contribution >= 4 is 21.8 Å². The number of hydrogen-bond acceptors (Lipinski definition) is 4. The average Bonchev–Trinajstić information content (AvgIpc) is 2.82. The van der Waals surface area contributed by atoms with Crippen molar-refractivity contribution < 1.29 is 9.90 Å². The van der Waals surface area contributed by atoms with E-state index in [-0.39, 0.29) is 12.0 Å². The molecule has 1 aliphatic rings. The summed E-state index contributed by atoms with van der Waals surface area (Å²) < 4.78 is 2.70. The highest BCUT2D eigenvalue weighted by molar-refractivity contribution is 9.10. The fourth-order valence-electron chi connectivity index (χ4n) is 2.38. The highest BCUT2D eigenvalue weighted by Crippen LogP contribution is 2.08. The standard InChI is InChI=1S/C13H21BrN4O2/c1-11(19)9-16-4-6-17(7-5-16)13(20)2-3-18-10-12(14)8-15-18/h8,10-11,19H,2-7,9H2,1H3. The number of piperazine rings is 1. The number of carbonyl (C=O) groups excluding carboxylic acids is 1. The van der Waals surface area contributed by atoms with Crippen molar-refractivity contribution in [2.24, 2.45) is 0 Å². The van der Waals surface area contributed by atoms with E-state index in [9.17, 15) is 9.90 Å². The lowest BCUT2D eigenvalue weighted by Gasteiger charge is -2.35. The van der Waals surface area contributed by atoms with Gasteiger partial charge in [0.05, 0.1) is 16.8 Å². The van der Waals surface area contributed by atoms with Crippen LogP contribution in [0.2, 0.25) is 0 Å². The number of aromatic nitrogens is 2. The lowest BCUT2D eigenvalue weighted by atomic mass is 10.2. The van der Waals surface area contributed by atoms with Gasteiger partial charge in [0.2, 0.25) is 5.91 Å². The van der Waals surface area contributed by atoms with E-state index in [0.29, 0.717) is 19.5 Å². The number of halogens is 1. The number of aliphatic hydroxyl groups excluding tert-OH is 1. The maximum atomic E-state index is 12.1. The Bertz CT molecular complexity index is 441. The average molecular weight is 345 g/mol. The molecule has 0 saturated carbocycles. The Kier molecular flexibility index (Phi) is 5.56. The van der Waals surface area contributed by atoms with Gasteiger partial charge in [0, 0.05) is 51.9 Å². The summed E-state index contributed by atoms with van der Waals surface area (Å²) in [7, 11) is 0. The highest BCUT2D eigenvalue weighted by atomic mass is 79.9. The normalized spacial score (nSPS) is 18.2. The number of β-amino-alcohol motifs (C(OH)–C–C–N with tert-alkyl or cyclic N) is 1. The van der Waals surface area contributed by atoms with Crippen LogP contribution in [-0.2, 0) is 11.3 Å². The number of amides is 1. The zero-order valence-electron chi connectivity index (χ0n) is 11.7. The fourth-order valence-corrected chi connectivity index (χ4v) is 2.71. The molecule has 0 bridgehead atoms. The maximum Gasteiger partial charge on any atom is 0.224 e. The molecule has 0 spiro atoms. The Hall–Kier alpha value is -0.920. The Morgan fingerprint density at radius 2 is 2.15 bits per heavy atom. The van der Waals surface area contributed by atoms with E-state index in [1.54, 1.807) is 17.8 Å². The summed E-state index contributed by atoms with van der Waals surface area (Å²) in [6, 6.07) is 0. The van der Waals surface area contributed by atoms with E-state index in [4.69, 9.17) is 0 Å². The summed E-state index contributed by atoms with van der Waals surface area (Å²) in [6.07, 6.45) is 3.76. The second-order valence-electron chi connectivity index (χ2n) is 5.20. The van der Waals surface area contributed by atoms with E-state index in [1.807, 2.05) is 11.1 Å². The quantitative estimate of drug-likeness (QED) is 0.847. The zero-order chi connectivity index (χ0) is 14.5. The van der Waals surface area contributed by atoms with Crippen LogP contribution >= 0.6 is 15.9 Å². The van der Waals surface area contributed by atoms with Gasteiger partial charge in [-0.1, -0.05) is 0 Å². The molecule has 6 nitrogen and oxygen atoms in total. The number of aliphatic hydroxyl groups is 1. The summed E-state index contributed by atoms with van der Waals surface area (Å²) in [5, 5.41) is 13.5. The minimum atomic E-state index is -0.310. The van der Waals surface area contributed by atoms with Gasteiger partial charge >= 0.3 is 0 Å². The molecule has 2 heterocycles. The van der Waals surface area contributed by atoms with E-state index < -0.39 is 0 Å². The number of carbonyl (C=O) groups is 1. The second kappa shape index (κ2) is 7.19. The van der Waals surface area contributed by atoms with Crippen LogP contribution in [0, 0.1) is 0 Å². The molecule has 1 atom stereocenters. The molecular formula is C13H21BrN4O2. The summed E-state index contributed by atoms with van der Waals surface area (Å²) >= 11 is 3.34. The minimum Gasteiger partial charge on any atom is -0.392 e. The van der Waals surface area contributed by atoms with Crippen LogP contribution in [0.25, 0.3) is 0 Å². The van der Waals surface area contributed by atoms with Gasteiger partial charge in [-0.15, -0.1) is 0 Å². The van der Waals surface area contributed by atoms with Crippen LogP contribution in [0.3, 0.4) is 0 Å². The van der Waals surface area contributed by atoms with E-state index in [2.05, 4.69) is 25.9 Å². The van der Waals surface area contributed by atoms with Crippen LogP contribution in [0.1, 0.15) is 13.3 Å². The van der Waals surface area contributed by atoms with Gasteiger partial charge in [-0.05, 0) is 22.9 Å². The van der Waals surface area contributed by atoms with Crippen molar-refractivity contribution in [1.82, 2.24) is 19.6 Å². The fraction of sp³-hybridized carbons (Fsp3) is 0.692. The van der Waals surface area contributed by atoms with Gasteiger partial charge < -0.3 is 10.0 Å². The molecule has 1 fully saturated rings. The zero-order valence-corrected chi connectivity index (χ0v) is 13.3. The Balaban J connectivity index is 1.72. The van der Waals surface area contributed by atoms with Crippen LogP contribution < -0.4 is 0 Å². The number of aryl methyl sites for hydroxylation is 1. The number of rotatable bonds is 5. The molecule has 112 valence electrons. The molecule has 1 aromatic heterocycles. The molecule has 0 radical (unpaired) electrons. The molecule has 2 rings (SSSR count). The smallest absolute Gasteiger partial charge is 0.224 e. The lowest BCUT2D eigenvalue weighted by Crippen LogP contribution is -2.50. The van der Waals surface area contributed by atoms with Gasteiger partial charge in [0.15, 0.2) is 0 Å². The van der Waals surface area contributed by atoms with Crippen molar-refractivity contribution in [1.29, 1.82) is 0 Å². The van der Waals surface area contributed by atoms with Gasteiger partial charge in [-0.3, -0.25) is 14.4 Å². The van der Waals surface area contributed by atoms with Crippen molar-refractivity contribution in [2.45, 2.75) is 26.0 Å². The molecule has 7 heteroatoms. The Morgan fingerprint density at radius 1 is 1.45 bits per heavy atom. The Labute approximate surface area is 127 Å². The van der Waals surface area contributed by atoms with Crippen molar-refractivity contribution in [3.8, 4) is 0 Å². The van der Waals surface area contributed by atoms with Crippen LogP contribution in [0.5, 0.6) is 0 Å². The minimum absolute atomic E-state index is 0.174. The summed E-state index contributed by atoms with van der Waals surface area (Å²) in [5.74, 6) is 0.174. The first-order valence-electron chi connectivity index (χ1n) is 6.91. The molecule has 1 unspecified atom stereocenters. The van der Waals surface area contributed by atoms with Crippen molar-refractivity contribution in [2.75, 3.05) is 32.7 Å². The third-order valence-electron chi connectivity index (χ3n) is 3.40. The monoisotopic (exact) mass is 344 g/mol. The molecule has 1 aliphatic heterocycles. The predicted molar refractivity (Wildman–Crippen MR) is 79.2 cm³/mol. The molecule has 1 saturated heterocycles. The van der Waals surface area contributed by atoms with Gasteiger partial charge in [-0.2, -0.15) is 5.10 Å². The molecule has 1 aromatic rings. The van der Waals surface area contributed by atoms with Gasteiger partial charge in [0.1, 0.15) is 0 Å². The first-order valence-corrected chi connectivity index (χ1v) is 7.70. The van der Waals surface area contributed by atoms with E-state index in [0.717, 1.165) is 30.7 Å². The molecule has 0 aromatic carbocycles. The van der Waals surface area contributed by atoms with Crippen LogP contribution in [0.15, 0.2) is 16.9 Å². The lowest BCUT2D eigenvalue weighted by molar-refractivity contribution is -0.133. The van der Waals surface area contributed by atoms with Gasteiger partial charge in [0.25, 0.3) is 0 Å². The summed E-state index contributed by atoms with van der Waals surface area (Å²) in [5.41, 5.74) is 0. The SMILES string of the molecule is CC(O)CN1CCN(C(=O)CCn2cc(Br)cn2)CC1. The first-order chi connectivity index (χ1) is 9.54. The van der Waals surface area contributed by atoms with Crippen molar-refractivity contribution in [3.63, 3.8) is 0 Å². The second-order valence-corrected chi connectivity index (χ2v) is 6.12. The molecular weight excluding hydrogens is 324 g/mol. The molecule has 20 heavy (non-hydrogen) atoms. The number of nitrogens with zero attached hydrogens (tertiary/aromatic N) is 4. The molecule has 1 amide bonds. The molecule has 0 aliphatic carbocycles. The summed E-state index contributed by atoms with van der Waals surface area (Å²) in [6.45, 7) is 6.25. The van der Waals surface area contributed by atoms with E-state index in [1.165, 1.54) is 0 Å². The van der Waals surface area contributed by atoms with Crippen molar-refractivity contribution in [3.05, 3.63) is 16.9 Å².